The van der Waals surface area contributed by atoms with Gasteiger partial charge in [-0.15, -0.1) is 0 Å². The molecule has 16 heteroatoms. The van der Waals surface area contributed by atoms with E-state index in [0.29, 0.717) is 31.1 Å². The summed E-state index contributed by atoms with van der Waals surface area (Å²) < 4.78 is 49.3. The van der Waals surface area contributed by atoms with Crippen molar-refractivity contribution >= 4 is 31.3 Å². The molecule has 2 aliphatic heterocycles. The first-order valence-corrected chi connectivity index (χ1v) is 18.6. The van der Waals surface area contributed by atoms with Crippen molar-refractivity contribution in [3.63, 3.8) is 0 Å². The van der Waals surface area contributed by atoms with E-state index in [1.54, 1.807) is 36.8 Å². The zero-order valence-corrected chi connectivity index (χ0v) is 29.7. The average Bonchev–Trinajstić information content (AvgIpc) is 3.59. The molecule has 4 rings (SSSR count). The highest BCUT2D eigenvalue weighted by Crippen LogP contribution is 2.48. The zero-order chi connectivity index (χ0) is 35.4. The first-order valence-electron chi connectivity index (χ1n) is 16.9. The highest BCUT2D eigenvalue weighted by atomic mass is 31.2. The molecule has 0 radical (unpaired) electrons. The Morgan fingerprint density at radius 1 is 1.02 bits per heavy atom. The Kier molecular flexibility index (Phi) is 14.3. The van der Waals surface area contributed by atoms with Crippen LogP contribution in [0, 0.1) is 5.82 Å². The highest BCUT2D eigenvalue weighted by Gasteiger charge is 2.34. The van der Waals surface area contributed by atoms with E-state index in [2.05, 4.69) is 15.3 Å². The number of benzene rings is 1. The predicted octanol–water partition coefficient (Wildman–Crippen LogP) is 4.34. The molecular formula is C33H48FN6O8P. The summed E-state index contributed by atoms with van der Waals surface area (Å²) in [6.45, 7) is 8.16. The number of amides is 3. The van der Waals surface area contributed by atoms with E-state index in [1.165, 1.54) is 24.3 Å². The van der Waals surface area contributed by atoms with Gasteiger partial charge >= 0.3 is 13.7 Å². The van der Waals surface area contributed by atoms with Gasteiger partial charge in [0.05, 0.1) is 32.1 Å². The van der Waals surface area contributed by atoms with E-state index >= 15 is 0 Å². The predicted molar refractivity (Wildman–Crippen MR) is 181 cm³/mol. The van der Waals surface area contributed by atoms with Crippen LogP contribution in [0.1, 0.15) is 56.9 Å². The quantitative estimate of drug-likeness (QED) is 0.196. The molecule has 1 aromatic heterocycles. The third-order valence-corrected chi connectivity index (χ3v) is 10.5. The van der Waals surface area contributed by atoms with Gasteiger partial charge in [-0.3, -0.25) is 14.2 Å². The summed E-state index contributed by atoms with van der Waals surface area (Å²) in [5.41, 5.74) is 0.354. The van der Waals surface area contributed by atoms with E-state index in [0.717, 1.165) is 19.3 Å². The van der Waals surface area contributed by atoms with Crippen LogP contribution in [0.5, 0.6) is 0 Å². The van der Waals surface area contributed by atoms with Crippen molar-refractivity contribution in [2.45, 2.75) is 58.6 Å². The number of aromatic nitrogens is 2. The van der Waals surface area contributed by atoms with Crippen molar-refractivity contribution in [1.29, 1.82) is 0 Å². The molecular weight excluding hydrogens is 658 g/mol. The molecule has 2 unspecified atom stereocenters. The summed E-state index contributed by atoms with van der Waals surface area (Å²) >= 11 is 0. The fourth-order valence-electron chi connectivity index (χ4n) is 5.66. The molecule has 0 spiro atoms. The number of piperazine rings is 1. The number of hydrogen-bond acceptors (Lipinski definition) is 11. The summed E-state index contributed by atoms with van der Waals surface area (Å²) in [4.78, 5) is 54.6. The van der Waals surface area contributed by atoms with Crippen LogP contribution in [0.2, 0.25) is 0 Å². The van der Waals surface area contributed by atoms with Crippen LogP contribution in [0.3, 0.4) is 0 Å². The monoisotopic (exact) mass is 706 g/mol. The molecule has 1 aromatic carbocycles. The van der Waals surface area contributed by atoms with Gasteiger partial charge in [0, 0.05) is 58.0 Å². The van der Waals surface area contributed by atoms with Gasteiger partial charge in [-0.05, 0) is 45.2 Å². The summed E-state index contributed by atoms with van der Waals surface area (Å²) in [7, 11) is -1.92. The van der Waals surface area contributed by atoms with Gasteiger partial charge in [0.15, 0.2) is 5.82 Å². The standard InChI is InChI=1S/C33H48FN6O8P/c1-5-8-19-46-33(43)39-17-15-38(16-18-39)32(42)27(13-20-49(44,47-6-2)48-7-3)36-31(41)28-22-29(40-14-12-26(23-40)45-4)37-30(35-28)24-10-9-11-25(34)21-24/h9-11,21-22,26-27H,5-8,12-20,23H2,1-4H3,(H,36,41). The second-order valence-corrected chi connectivity index (χ2v) is 14.0. The Bertz CT molecular complexity index is 1470. The number of hydrogen-bond donors (Lipinski definition) is 1. The summed E-state index contributed by atoms with van der Waals surface area (Å²) in [6.07, 6.45) is 1.82. The van der Waals surface area contributed by atoms with Crippen LogP contribution in [0.4, 0.5) is 15.0 Å². The van der Waals surface area contributed by atoms with Gasteiger partial charge in [-0.2, -0.15) is 0 Å². The maximum Gasteiger partial charge on any atom is 0.409 e. The lowest BCUT2D eigenvalue weighted by Crippen LogP contribution is -2.56. The molecule has 2 aromatic rings. The first kappa shape index (κ1) is 38.2. The van der Waals surface area contributed by atoms with Gasteiger partial charge in [0.2, 0.25) is 5.91 Å². The normalized spacial score (nSPS) is 17.2. The molecule has 2 saturated heterocycles. The van der Waals surface area contributed by atoms with Gasteiger partial charge in [-0.25, -0.2) is 19.2 Å². The molecule has 0 bridgehead atoms. The van der Waals surface area contributed by atoms with Crippen molar-refractivity contribution in [2.24, 2.45) is 0 Å². The lowest BCUT2D eigenvalue weighted by molar-refractivity contribution is -0.134. The number of unbranched alkanes of at least 4 members (excludes halogenated alkanes) is 1. The lowest BCUT2D eigenvalue weighted by Gasteiger charge is -2.36. The van der Waals surface area contributed by atoms with E-state index < -0.39 is 37.4 Å². The number of nitrogens with zero attached hydrogens (tertiary/aromatic N) is 5. The smallest absolute Gasteiger partial charge is 0.409 e. The van der Waals surface area contributed by atoms with Crippen LogP contribution in [-0.4, -0.2) is 122 Å². The SMILES string of the molecule is CCCCOC(=O)N1CCN(C(=O)C(CCP(=O)(OCC)OCC)NC(=O)c2cc(N3CCC(OC)C3)nc(-c3cccc(F)c3)n2)CC1. The topological polar surface area (TPSA) is 153 Å². The van der Waals surface area contributed by atoms with Gasteiger partial charge in [0.25, 0.3) is 5.91 Å². The Morgan fingerprint density at radius 2 is 1.73 bits per heavy atom. The minimum atomic E-state index is -3.56. The molecule has 2 atom stereocenters. The fraction of sp³-hybridized carbons (Fsp3) is 0.606. The number of nitrogens with one attached hydrogen (secondary N) is 1. The molecule has 3 heterocycles. The largest absolute Gasteiger partial charge is 0.449 e. The number of ether oxygens (including phenoxy) is 2. The molecule has 0 aliphatic carbocycles. The van der Waals surface area contributed by atoms with E-state index in [9.17, 15) is 23.3 Å². The van der Waals surface area contributed by atoms with Crippen molar-refractivity contribution in [3.8, 4) is 11.4 Å². The fourth-order valence-corrected chi connectivity index (χ4v) is 7.35. The summed E-state index contributed by atoms with van der Waals surface area (Å²) in [5.74, 6) is -0.950. The number of rotatable bonds is 16. The summed E-state index contributed by atoms with van der Waals surface area (Å²) in [6, 6.07) is 6.19. The minimum absolute atomic E-state index is 0.0168. The Morgan fingerprint density at radius 3 is 2.37 bits per heavy atom. The van der Waals surface area contributed by atoms with Crippen molar-refractivity contribution in [3.05, 3.63) is 41.8 Å². The Hall–Kier alpha value is -3.65. The third kappa shape index (κ3) is 10.7. The molecule has 0 saturated carbocycles. The van der Waals surface area contributed by atoms with Gasteiger partial charge < -0.3 is 38.5 Å². The van der Waals surface area contributed by atoms with Crippen LogP contribution in [-0.2, 0) is 27.9 Å². The van der Waals surface area contributed by atoms with Crippen LogP contribution in [0.25, 0.3) is 11.4 Å². The number of methoxy groups -OCH3 is 1. The van der Waals surface area contributed by atoms with Crippen LogP contribution < -0.4 is 10.2 Å². The molecule has 3 amide bonds. The maximum absolute atomic E-state index is 14.2. The first-order chi connectivity index (χ1) is 23.6. The number of anilines is 1. The minimum Gasteiger partial charge on any atom is -0.449 e. The van der Waals surface area contributed by atoms with Gasteiger partial charge in [0.1, 0.15) is 23.4 Å². The Labute approximate surface area is 287 Å². The maximum atomic E-state index is 14.2. The molecule has 1 N–H and O–H groups in total. The van der Waals surface area contributed by atoms with E-state index in [-0.39, 0.29) is 69.6 Å². The number of carbonyl (C=O) groups is 3. The number of carbonyl (C=O) groups excluding carboxylic acids is 3. The van der Waals surface area contributed by atoms with Crippen LogP contribution >= 0.6 is 7.60 Å². The molecule has 270 valence electrons. The Balaban J connectivity index is 1.58. The second-order valence-electron chi connectivity index (χ2n) is 11.8. The van der Waals surface area contributed by atoms with Crippen molar-refractivity contribution < 1.29 is 41.9 Å². The van der Waals surface area contributed by atoms with Crippen molar-refractivity contribution in [1.82, 2.24) is 25.1 Å². The highest BCUT2D eigenvalue weighted by molar-refractivity contribution is 7.53. The average molecular weight is 707 g/mol. The van der Waals surface area contributed by atoms with Gasteiger partial charge in [-0.1, -0.05) is 25.5 Å². The summed E-state index contributed by atoms with van der Waals surface area (Å²) in [5, 5.41) is 2.81. The molecule has 49 heavy (non-hydrogen) atoms. The molecule has 2 aliphatic rings. The second kappa shape index (κ2) is 18.4. The van der Waals surface area contributed by atoms with Crippen LogP contribution in [0.15, 0.2) is 30.3 Å². The zero-order valence-electron chi connectivity index (χ0n) is 28.8. The number of halogens is 1. The molecule has 14 nitrogen and oxygen atoms in total. The van der Waals surface area contributed by atoms with E-state index in [1.807, 2.05) is 11.8 Å². The lowest BCUT2D eigenvalue weighted by atomic mass is 10.1. The third-order valence-electron chi connectivity index (χ3n) is 8.35. The van der Waals surface area contributed by atoms with Crippen molar-refractivity contribution in [2.75, 3.05) is 77.3 Å². The molecule has 2 fully saturated rings. The van der Waals surface area contributed by atoms with E-state index in [4.69, 9.17) is 18.5 Å².